The van der Waals surface area contributed by atoms with Crippen LogP contribution in [0, 0.1) is 5.41 Å². The Morgan fingerprint density at radius 3 is 1.60 bits per heavy atom. The Bertz CT molecular complexity index is 159. The van der Waals surface area contributed by atoms with Gasteiger partial charge in [0.05, 0.1) is 0 Å². The number of guanidine groups is 1. The van der Waals surface area contributed by atoms with E-state index in [2.05, 4.69) is 0 Å². The molecule has 0 saturated carbocycles. The van der Waals surface area contributed by atoms with Crippen LogP contribution >= 0.6 is 0 Å². The highest BCUT2D eigenvalue weighted by atomic mass is 16.4. The Morgan fingerprint density at radius 2 is 1.40 bits per heavy atom. The fourth-order valence-corrected chi connectivity index (χ4v) is 0.245. The Balaban J connectivity index is 3.65. The van der Waals surface area contributed by atoms with Crippen molar-refractivity contribution in [3.8, 4) is 0 Å². The monoisotopic (exact) mass is 147 g/mol. The fourth-order valence-electron chi connectivity index (χ4n) is 0.245. The molecule has 0 rings (SSSR count). The van der Waals surface area contributed by atoms with E-state index in [4.69, 9.17) is 15.6 Å². The minimum absolute atomic E-state index is 0.792. The summed E-state index contributed by atoms with van der Waals surface area (Å²) >= 11 is 0. The molecule has 0 fully saturated rings. The minimum Gasteiger partial charge on any atom is -0.465 e. The van der Waals surface area contributed by atoms with Gasteiger partial charge in [-0.05, 0) is 0 Å². The van der Waals surface area contributed by atoms with Gasteiger partial charge in [-0.3, -0.25) is 16.0 Å². The highest BCUT2D eigenvalue weighted by Crippen LogP contribution is 1.63. The zero-order valence-electron chi connectivity index (χ0n) is 4.71. The average Bonchev–Trinajstić information content (AvgIpc) is 1.58. The van der Waals surface area contributed by atoms with Crippen LogP contribution in [0.1, 0.15) is 0 Å². The third-order valence-electron chi connectivity index (χ3n) is 0.464. The Labute approximate surface area is 55.2 Å². The van der Waals surface area contributed by atoms with Gasteiger partial charge in [0.15, 0.2) is 0 Å². The maximum absolute atomic E-state index is 9.71. The molecule has 0 radical (unpaired) electrons. The lowest BCUT2D eigenvalue weighted by Crippen LogP contribution is -2.41. The molecular formula is C3H5N3O4. The maximum atomic E-state index is 9.71. The average molecular weight is 147 g/mol. The van der Waals surface area contributed by atoms with Crippen LogP contribution in [0.15, 0.2) is 0 Å². The van der Waals surface area contributed by atoms with E-state index >= 15 is 0 Å². The second-order valence-electron chi connectivity index (χ2n) is 1.24. The zero-order chi connectivity index (χ0) is 8.15. The molecule has 0 aliphatic carbocycles. The summed E-state index contributed by atoms with van der Waals surface area (Å²) in [5.74, 6) is -0.792. The SMILES string of the molecule is N=C(NC(=O)O)NC(=O)O. The first kappa shape index (κ1) is 8.21. The van der Waals surface area contributed by atoms with Gasteiger partial charge in [0.2, 0.25) is 5.96 Å². The first-order valence-corrected chi connectivity index (χ1v) is 2.11. The number of nitrogens with one attached hydrogen (secondary N) is 3. The van der Waals surface area contributed by atoms with E-state index in [1.54, 1.807) is 0 Å². The normalized spacial score (nSPS) is 8.00. The van der Waals surface area contributed by atoms with Crippen LogP contribution in [-0.4, -0.2) is 28.4 Å². The third kappa shape index (κ3) is 4.37. The van der Waals surface area contributed by atoms with Gasteiger partial charge in [-0.25, -0.2) is 9.59 Å². The summed E-state index contributed by atoms with van der Waals surface area (Å²) in [6, 6.07) is 0. The van der Waals surface area contributed by atoms with E-state index in [1.807, 2.05) is 0 Å². The molecule has 0 aliphatic heterocycles. The van der Waals surface area contributed by atoms with Crippen LogP contribution in [0.3, 0.4) is 0 Å². The quantitative estimate of drug-likeness (QED) is 0.233. The molecular weight excluding hydrogens is 142 g/mol. The molecule has 0 bridgehead atoms. The molecule has 0 aromatic heterocycles. The van der Waals surface area contributed by atoms with Crippen molar-refractivity contribution in [2.24, 2.45) is 0 Å². The van der Waals surface area contributed by atoms with Crippen LogP contribution in [0.4, 0.5) is 9.59 Å². The van der Waals surface area contributed by atoms with Gasteiger partial charge in [0, 0.05) is 0 Å². The van der Waals surface area contributed by atoms with Gasteiger partial charge in [0.25, 0.3) is 0 Å². The number of amides is 2. The van der Waals surface area contributed by atoms with Crippen molar-refractivity contribution < 1.29 is 19.8 Å². The predicted octanol–water partition coefficient (Wildman–Crippen LogP) is -0.544. The topological polar surface area (TPSA) is 123 Å². The Kier molecular flexibility index (Phi) is 2.69. The molecule has 0 unspecified atom stereocenters. The number of hydrogen-bond acceptors (Lipinski definition) is 3. The Hall–Kier alpha value is -1.79. The van der Waals surface area contributed by atoms with E-state index in [-0.39, 0.29) is 0 Å². The zero-order valence-corrected chi connectivity index (χ0v) is 4.71. The lowest BCUT2D eigenvalue weighted by atomic mass is 10.9. The van der Waals surface area contributed by atoms with Gasteiger partial charge in [-0.1, -0.05) is 0 Å². The lowest BCUT2D eigenvalue weighted by molar-refractivity contribution is 0.197. The molecule has 0 aromatic rings. The van der Waals surface area contributed by atoms with Crippen LogP contribution in [0.5, 0.6) is 0 Å². The molecule has 0 saturated heterocycles. The van der Waals surface area contributed by atoms with Crippen molar-refractivity contribution in [2.45, 2.75) is 0 Å². The van der Waals surface area contributed by atoms with Crippen LogP contribution in [-0.2, 0) is 0 Å². The molecule has 7 nitrogen and oxygen atoms in total. The fraction of sp³-hybridized carbons (Fsp3) is 0. The number of carbonyl (C=O) groups is 2. The largest absolute Gasteiger partial charge is 0.465 e. The van der Waals surface area contributed by atoms with Gasteiger partial charge >= 0.3 is 12.2 Å². The summed E-state index contributed by atoms with van der Waals surface area (Å²) in [5, 5.41) is 25.4. The summed E-state index contributed by atoms with van der Waals surface area (Å²) in [6.45, 7) is 0. The van der Waals surface area contributed by atoms with Gasteiger partial charge in [0.1, 0.15) is 0 Å². The van der Waals surface area contributed by atoms with E-state index < -0.39 is 18.1 Å². The molecule has 0 heterocycles. The number of carboxylic acid groups (broad SMARTS) is 2. The smallest absolute Gasteiger partial charge is 0.411 e. The lowest BCUT2D eigenvalue weighted by Gasteiger charge is -1.99. The second-order valence-corrected chi connectivity index (χ2v) is 1.24. The van der Waals surface area contributed by atoms with Crippen LogP contribution in [0.2, 0.25) is 0 Å². The summed E-state index contributed by atoms with van der Waals surface area (Å²) in [5.41, 5.74) is 0. The molecule has 5 N–H and O–H groups in total. The maximum Gasteiger partial charge on any atom is 0.411 e. The molecule has 7 heteroatoms. The first-order chi connectivity index (χ1) is 4.52. The molecule has 0 spiro atoms. The summed E-state index contributed by atoms with van der Waals surface area (Å²) in [4.78, 5) is 19.4. The van der Waals surface area contributed by atoms with E-state index in [0.29, 0.717) is 0 Å². The summed E-state index contributed by atoms with van der Waals surface area (Å²) in [6.07, 6.45) is -2.97. The van der Waals surface area contributed by atoms with Crippen molar-refractivity contribution in [3.05, 3.63) is 0 Å². The number of rotatable bonds is 0. The van der Waals surface area contributed by atoms with Gasteiger partial charge in [-0.15, -0.1) is 0 Å². The first-order valence-electron chi connectivity index (χ1n) is 2.11. The van der Waals surface area contributed by atoms with Crippen LogP contribution < -0.4 is 10.6 Å². The molecule has 0 aromatic carbocycles. The van der Waals surface area contributed by atoms with Crippen molar-refractivity contribution >= 4 is 18.1 Å². The van der Waals surface area contributed by atoms with Crippen molar-refractivity contribution in [1.82, 2.24) is 10.6 Å². The highest BCUT2D eigenvalue weighted by Gasteiger charge is 2.02. The summed E-state index contributed by atoms with van der Waals surface area (Å²) < 4.78 is 0. The predicted molar refractivity (Wildman–Crippen MR) is 30.0 cm³/mol. The molecule has 2 amide bonds. The van der Waals surface area contributed by atoms with E-state index in [0.717, 1.165) is 0 Å². The Morgan fingerprint density at radius 1 is 1.10 bits per heavy atom. The molecule has 0 aliphatic rings. The van der Waals surface area contributed by atoms with Gasteiger partial charge < -0.3 is 10.2 Å². The van der Waals surface area contributed by atoms with E-state index in [9.17, 15) is 9.59 Å². The summed E-state index contributed by atoms with van der Waals surface area (Å²) in [7, 11) is 0. The van der Waals surface area contributed by atoms with Crippen molar-refractivity contribution in [2.75, 3.05) is 0 Å². The van der Waals surface area contributed by atoms with E-state index in [1.165, 1.54) is 10.6 Å². The van der Waals surface area contributed by atoms with Crippen molar-refractivity contribution in [3.63, 3.8) is 0 Å². The van der Waals surface area contributed by atoms with Gasteiger partial charge in [-0.2, -0.15) is 0 Å². The van der Waals surface area contributed by atoms with Crippen LogP contribution in [0.25, 0.3) is 0 Å². The minimum atomic E-state index is -1.49. The number of hydrogen-bond donors (Lipinski definition) is 5. The molecule has 0 atom stereocenters. The van der Waals surface area contributed by atoms with Crippen molar-refractivity contribution in [1.29, 1.82) is 5.41 Å². The third-order valence-corrected chi connectivity index (χ3v) is 0.464. The highest BCUT2D eigenvalue weighted by molar-refractivity contribution is 5.98. The second kappa shape index (κ2) is 3.28. The molecule has 56 valence electrons. The molecule has 10 heavy (non-hydrogen) atoms. The standard InChI is InChI=1S/C3H5N3O4/c4-1(5-2(7)8)6-3(9)10/h(H,7,8)(H,9,10)(H3,4,5,6).